The molecule has 2 rings (SSSR count). The van der Waals surface area contributed by atoms with Crippen LogP contribution in [-0.2, 0) is 16.4 Å². The molecule has 0 aliphatic carbocycles. The summed E-state index contributed by atoms with van der Waals surface area (Å²) in [5.41, 5.74) is 0.777. The van der Waals surface area contributed by atoms with Gasteiger partial charge in [0.2, 0.25) is 0 Å². The lowest BCUT2D eigenvalue weighted by atomic mass is 10.1. The molecule has 0 atom stereocenters. The second-order valence-corrected chi connectivity index (χ2v) is 9.19. The van der Waals surface area contributed by atoms with E-state index in [0.717, 1.165) is 19.4 Å². The van der Waals surface area contributed by atoms with Crippen molar-refractivity contribution in [2.75, 3.05) is 37.2 Å². The molecule has 0 saturated heterocycles. The minimum atomic E-state index is -4.04. The van der Waals surface area contributed by atoms with Crippen molar-refractivity contribution in [2.24, 2.45) is 0 Å². The molecule has 0 unspecified atom stereocenters. The van der Waals surface area contributed by atoms with Gasteiger partial charge in [0.05, 0.1) is 16.4 Å². The predicted molar refractivity (Wildman–Crippen MR) is 121 cm³/mol. The maximum atomic E-state index is 13.0. The molecule has 2 aromatic rings. The first kappa shape index (κ1) is 24.0. The van der Waals surface area contributed by atoms with Crippen molar-refractivity contribution in [1.82, 2.24) is 4.90 Å². The molecule has 7 nitrogen and oxygen atoms in total. The summed E-state index contributed by atoms with van der Waals surface area (Å²) in [7, 11) is -0.0240. The summed E-state index contributed by atoms with van der Waals surface area (Å²) in [6.45, 7) is 3.42. The lowest BCUT2D eigenvalue weighted by molar-refractivity contribution is 0.0698. The normalized spacial score (nSPS) is 11.5. The Labute approximate surface area is 183 Å². The number of para-hydroxylation sites is 1. The number of nitrogens with one attached hydrogen (secondary N) is 2. The third-order valence-corrected chi connectivity index (χ3v) is 6.44. The van der Waals surface area contributed by atoms with Crippen LogP contribution in [0.25, 0.3) is 0 Å². The van der Waals surface area contributed by atoms with Crippen LogP contribution in [0.15, 0.2) is 41.3 Å². The van der Waals surface area contributed by atoms with Gasteiger partial charge >= 0.3 is 5.97 Å². The fraction of sp³-hybridized carbons (Fsp3) is 0.381. The van der Waals surface area contributed by atoms with Crippen molar-refractivity contribution in [3.8, 4) is 0 Å². The molecule has 0 aliphatic heterocycles. The Balaban J connectivity index is 2.27. The molecular weight excluding hydrogens is 426 g/mol. The van der Waals surface area contributed by atoms with Crippen molar-refractivity contribution in [3.63, 3.8) is 0 Å². The van der Waals surface area contributed by atoms with E-state index in [4.69, 9.17) is 11.6 Å². The van der Waals surface area contributed by atoms with Gasteiger partial charge < -0.3 is 15.3 Å². The number of aromatic carboxylic acids is 1. The molecule has 0 spiro atoms. The van der Waals surface area contributed by atoms with Gasteiger partial charge in [-0.25, -0.2) is 13.2 Å². The van der Waals surface area contributed by atoms with E-state index in [2.05, 4.69) is 14.9 Å². The van der Waals surface area contributed by atoms with Gasteiger partial charge in [-0.15, -0.1) is 0 Å². The van der Waals surface area contributed by atoms with Gasteiger partial charge in [0, 0.05) is 6.54 Å². The number of nitrogens with zero attached hydrogens (tertiary/aromatic N) is 1. The summed E-state index contributed by atoms with van der Waals surface area (Å²) >= 11 is 6.20. The largest absolute Gasteiger partial charge is 0.478 e. The highest BCUT2D eigenvalue weighted by Gasteiger charge is 2.24. The first-order valence-electron chi connectivity index (χ1n) is 9.72. The van der Waals surface area contributed by atoms with Crippen LogP contribution in [0.4, 0.5) is 11.4 Å². The number of sulfonamides is 1. The zero-order valence-electron chi connectivity index (χ0n) is 17.4. The Kier molecular flexibility index (Phi) is 8.52. The third-order valence-electron chi connectivity index (χ3n) is 4.59. The van der Waals surface area contributed by atoms with E-state index in [1.165, 1.54) is 12.1 Å². The Morgan fingerprint density at radius 3 is 2.43 bits per heavy atom. The van der Waals surface area contributed by atoms with Crippen molar-refractivity contribution in [1.29, 1.82) is 0 Å². The number of rotatable bonds is 11. The van der Waals surface area contributed by atoms with Gasteiger partial charge in [0.25, 0.3) is 10.0 Å². The van der Waals surface area contributed by atoms with Gasteiger partial charge in [-0.05, 0) is 63.7 Å². The number of carboxylic acid groups (broad SMARTS) is 1. The Bertz CT molecular complexity index is 994. The lowest BCUT2D eigenvalue weighted by Gasteiger charge is -2.16. The maximum absolute atomic E-state index is 13.0. The minimum absolute atomic E-state index is 0.0394. The number of hydrogen-bond donors (Lipinski definition) is 3. The van der Waals surface area contributed by atoms with E-state index in [9.17, 15) is 18.3 Å². The molecule has 0 bridgehead atoms. The summed E-state index contributed by atoms with van der Waals surface area (Å²) < 4.78 is 28.5. The second kappa shape index (κ2) is 10.7. The first-order valence-corrected chi connectivity index (χ1v) is 11.6. The van der Waals surface area contributed by atoms with Crippen molar-refractivity contribution < 1.29 is 18.3 Å². The predicted octanol–water partition coefficient (Wildman–Crippen LogP) is 4.16. The van der Waals surface area contributed by atoms with E-state index in [1.54, 1.807) is 24.3 Å². The molecular formula is C21H28ClN3O4S. The molecule has 0 saturated carbocycles. The topological polar surface area (TPSA) is 98.7 Å². The van der Waals surface area contributed by atoms with E-state index in [0.29, 0.717) is 24.2 Å². The average Bonchev–Trinajstić information content (AvgIpc) is 2.67. The summed E-state index contributed by atoms with van der Waals surface area (Å²) in [4.78, 5) is 13.9. The fourth-order valence-electron chi connectivity index (χ4n) is 3.01. The standard InChI is InChI=1S/C21H28ClN3O4S/c1-4-15-11-12-17(19(20(15)22)21(26)27)24-30(28,29)18-10-6-5-9-16(18)23-13-7-8-14-25(2)3/h5-6,9-12,23-24H,4,7-8,13-14H2,1-3H3,(H,26,27). The Hall–Kier alpha value is -2.29. The first-order chi connectivity index (χ1) is 14.2. The number of hydrogen-bond acceptors (Lipinski definition) is 5. The zero-order valence-corrected chi connectivity index (χ0v) is 19.0. The fourth-order valence-corrected chi connectivity index (χ4v) is 4.65. The highest BCUT2D eigenvalue weighted by atomic mass is 35.5. The quantitative estimate of drug-likeness (QED) is 0.442. The Morgan fingerprint density at radius 1 is 1.10 bits per heavy atom. The van der Waals surface area contributed by atoms with Crippen LogP contribution in [0.2, 0.25) is 5.02 Å². The van der Waals surface area contributed by atoms with E-state index >= 15 is 0 Å². The number of anilines is 2. The molecule has 30 heavy (non-hydrogen) atoms. The minimum Gasteiger partial charge on any atom is -0.478 e. The molecule has 0 heterocycles. The van der Waals surface area contributed by atoms with Gasteiger partial charge in [0.15, 0.2) is 0 Å². The van der Waals surface area contributed by atoms with Crippen LogP contribution >= 0.6 is 11.6 Å². The van der Waals surface area contributed by atoms with Crippen molar-refractivity contribution in [2.45, 2.75) is 31.1 Å². The zero-order chi connectivity index (χ0) is 22.3. The molecule has 164 valence electrons. The van der Waals surface area contributed by atoms with Crippen LogP contribution in [0.5, 0.6) is 0 Å². The number of halogens is 1. The van der Waals surface area contributed by atoms with Crippen LogP contribution < -0.4 is 10.0 Å². The number of aryl methyl sites for hydroxylation is 1. The van der Waals surface area contributed by atoms with E-state index in [1.807, 2.05) is 21.0 Å². The van der Waals surface area contributed by atoms with E-state index in [-0.39, 0.29) is 21.2 Å². The summed E-state index contributed by atoms with van der Waals surface area (Å²) in [6, 6.07) is 9.59. The number of unbranched alkanes of at least 4 members (excludes halogenated alkanes) is 1. The summed E-state index contributed by atoms with van der Waals surface area (Å²) in [5.74, 6) is -1.29. The highest BCUT2D eigenvalue weighted by molar-refractivity contribution is 7.92. The third kappa shape index (κ3) is 6.10. The van der Waals surface area contributed by atoms with Gasteiger partial charge in [-0.3, -0.25) is 4.72 Å². The SMILES string of the molecule is CCc1ccc(NS(=O)(=O)c2ccccc2NCCCCN(C)C)c(C(=O)O)c1Cl. The average molecular weight is 454 g/mol. The maximum Gasteiger partial charge on any atom is 0.339 e. The monoisotopic (exact) mass is 453 g/mol. The smallest absolute Gasteiger partial charge is 0.339 e. The molecule has 0 radical (unpaired) electrons. The second-order valence-electron chi connectivity index (χ2n) is 7.16. The van der Waals surface area contributed by atoms with Crippen molar-refractivity contribution >= 4 is 39.0 Å². The molecule has 9 heteroatoms. The van der Waals surface area contributed by atoms with Gasteiger partial charge in [-0.1, -0.05) is 36.7 Å². The molecule has 0 fully saturated rings. The molecule has 3 N–H and O–H groups in total. The van der Waals surface area contributed by atoms with Gasteiger partial charge in [-0.2, -0.15) is 0 Å². The number of carbonyl (C=O) groups is 1. The Morgan fingerprint density at radius 2 is 1.80 bits per heavy atom. The van der Waals surface area contributed by atoms with Crippen LogP contribution in [0, 0.1) is 0 Å². The molecule has 0 aromatic heterocycles. The van der Waals surface area contributed by atoms with Gasteiger partial charge in [0.1, 0.15) is 10.5 Å². The molecule has 0 amide bonds. The van der Waals surface area contributed by atoms with E-state index < -0.39 is 16.0 Å². The number of carboxylic acids is 1. The number of benzene rings is 2. The van der Waals surface area contributed by atoms with Crippen LogP contribution in [0.1, 0.15) is 35.7 Å². The van der Waals surface area contributed by atoms with Crippen molar-refractivity contribution in [3.05, 3.63) is 52.5 Å². The molecule has 2 aromatic carbocycles. The molecule has 0 aliphatic rings. The van der Waals surface area contributed by atoms with Crippen LogP contribution in [-0.4, -0.2) is 51.6 Å². The van der Waals surface area contributed by atoms with Crippen LogP contribution in [0.3, 0.4) is 0 Å². The summed E-state index contributed by atoms with van der Waals surface area (Å²) in [6.07, 6.45) is 2.40. The highest BCUT2D eigenvalue weighted by Crippen LogP contribution is 2.31. The summed E-state index contributed by atoms with van der Waals surface area (Å²) in [5, 5.41) is 12.8. The lowest BCUT2D eigenvalue weighted by Crippen LogP contribution is -2.18.